The molecule has 4 nitrogen and oxygen atoms in total. The van der Waals surface area contributed by atoms with Gasteiger partial charge in [0.2, 0.25) is 5.30 Å². The van der Waals surface area contributed by atoms with Crippen LogP contribution in [-0.4, -0.2) is 22.3 Å². The maximum Gasteiger partial charge on any atom is 0.432 e. The van der Waals surface area contributed by atoms with Crippen molar-refractivity contribution >= 4 is 42.3 Å². The average molecular weight is 352 g/mol. The van der Waals surface area contributed by atoms with Gasteiger partial charge in [0, 0.05) is 0 Å². The lowest BCUT2D eigenvalue weighted by atomic mass is 10.3. The SMILES string of the molecule is CC(C)OC(=O)C(Cl)(Cl)[P+](=O)c1ccccc1OC(C)C. The minimum atomic E-state index is -2.46. The molecule has 0 N–H and O–H groups in total. The molecule has 0 aliphatic carbocycles. The van der Waals surface area contributed by atoms with Crippen LogP contribution in [0.15, 0.2) is 24.3 Å². The first kappa shape index (κ1) is 18.2. The van der Waals surface area contributed by atoms with E-state index in [0.29, 0.717) is 5.75 Å². The van der Waals surface area contributed by atoms with E-state index >= 15 is 0 Å². The molecule has 1 aromatic carbocycles. The van der Waals surface area contributed by atoms with Crippen molar-refractivity contribution in [2.75, 3.05) is 0 Å². The third-order valence-electron chi connectivity index (χ3n) is 2.29. The molecule has 0 saturated carbocycles. The van der Waals surface area contributed by atoms with E-state index in [1.807, 2.05) is 13.8 Å². The van der Waals surface area contributed by atoms with Gasteiger partial charge in [0.25, 0.3) is 0 Å². The molecule has 0 fully saturated rings. The maximum atomic E-state index is 12.6. The van der Waals surface area contributed by atoms with E-state index in [2.05, 4.69) is 0 Å². The van der Waals surface area contributed by atoms with Gasteiger partial charge in [-0.15, -0.1) is 0 Å². The number of para-hydroxylation sites is 1. The zero-order valence-electron chi connectivity index (χ0n) is 12.3. The molecule has 0 aromatic heterocycles. The van der Waals surface area contributed by atoms with Crippen molar-refractivity contribution in [2.24, 2.45) is 0 Å². The normalized spacial score (nSPS) is 12.5. The lowest BCUT2D eigenvalue weighted by Crippen LogP contribution is -2.30. The Hall–Kier alpha value is -0.830. The highest BCUT2D eigenvalue weighted by Gasteiger charge is 2.57. The lowest BCUT2D eigenvalue weighted by molar-refractivity contribution is -0.146. The standard InChI is InChI=1S/C14H18Cl2O4P/c1-9(2)19-11-7-5-6-8-12(11)21(18)14(15,16)13(17)20-10(3)4/h5-10H,1-4H3/q+1. The fourth-order valence-electron chi connectivity index (χ4n) is 1.50. The van der Waals surface area contributed by atoms with Crippen LogP contribution >= 0.6 is 31.0 Å². The lowest BCUT2D eigenvalue weighted by Gasteiger charge is -2.13. The van der Waals surface area contributed by atoms with Crippen molar-refractivity contribution in [2.45, 2.75) is 44.0 Å². The molecule has 116 valence electrons. The molecular weight excluding hydrogens is 334 g/mol. The van der Waals surface area contributed by atoms with Crippen molar-refractivity contribution in [1.29, 1.82) is 0 Å². The van der Waals surface area contributed by atoms with Gasteiger partial charge in [-0.1, -0.05) is 16.7 Å². The number of ether oxygens (including phenoxy) is 2. The monoisotopic (exact) mass is 351 g/mol. The summed E-state index contributed by atoms with van der Waals surface area (Å²) in [6, 6.07) is 6.63. The van der Waals surface area contributed by atoms with Crippen LogP contribution in [0, 0.1) is 0 Å². The fraction of sp³-hybridized carbons (Fsp3) is 0.500. The molecule has 7 heteroatoms. The Morgan fingerprint density at radius 2 is 1.71 bits per heavy atom. The smallest absolute Gasteiger partial charge is 0.432 e. The Morgan fingerprint density at radius 3 is 2.24 bits per heavy atom. The summed E-state index contributed by atoms with van der Waals surface area (Å²) in [5.74, 6) is -0.544. The summed E-state index contributed by atoms with van der Waals surface area (Å²) >= 11 is 12.0. The number of carbonyl (C=O) groups excluding carboxylic acids is 1. The molecule has 0 amide bonds. The Labute approximate surface area is 135 Å². The van der Waals surface area contributed by atoms with E-state index in [1.54, 1.807) is 38.1 Å². The van der Waals surface area contributed by atoms with Crippen LogP contribution in [0.5, 0.6) is 5.75 Å². The van der Waals surface area contributed by atoms with Gasteiger partial charge in [-0.3, -0.25) is 0 Å². The Morgan fingerprint density at radius 1 is 1.14 bits per heavy atom. The highest BCUT2D eigenvalue weighted by atomic mass is 35.5. The second kappa shape index (κ2) is 7.44. The molecule has 0 aliphatic rings. The first-order valence-electron chi connectivity index (χ1n) is 6.48. The summed E-state index contributed by atoms with van der Waals surface area (Å²) in [4.78, 5) is 11.9. The molecule has 0 radical (unpaired) electrons. The third kappa shape index (κ3) is 4.84. The summed E-state index contributed by atoms with van der Waals surface area (Å²) in [7, 11) is -2.46. The molecule has 0 saturated heterocycles. The molecule has 1 rings (SSSR count). The van der Waals surface area contributed by atoms with Crippen molar-refractivity contribution in [3.8, 4) is 5.75 Å². The quantitative estimate of drug-likeness (QED) is 0.441. The van der Waals surface area contributed by atoms with Gasteiger partial charge < -0.3 is 9.47 Å². The maximum absolute atomic E-state index is 12.6. The van der Waals surface area contributed by atoms with Crippen LogP contribution in [0.1, 0.15) is 27.7 Å². The van der Waals surface area contributed by atoms with E-state index < -0.39 is 23.9 Å². The zero-order valence-corrected chi connectivity index (χ0v) is 14.7. The third-order valence-corrected chi connectivity index (χ3v) is 5.02. The van der Waals surface area contributed by atoms with E-state index in [-0.39, 0.29) is 11.4 Å². The van der Waals surface area contributed by atoms with E-state index in [9.17, 15) is 9.36 Å². The molecule has 0 spiro atoms. The molecule has 0 aliphatic heterocycles. The number of benzene rings is 1. The van der Waals surface area contributed by atoms with Gasteiger partial charge in [0.1, 0.15) is 0 Å². The van der Waals surface area contributed by atoms with Crippen molar-refractivity contribution < 1.29 is 18.8 Å². The Kier molecular flexibility index (Phi) is 6.45. The number of halogens is 2. The van der Waals surface area contributed by atoms with Gasteiger partial charge in [0.15, 0.2) is 5.75 Å². The van der Waals surface area contributed by atoms with Crippen LogP contribution < -0.4 is 10.0 Å². The van der Waals surface area contributed by atoms with Crippen LogP contribution in [0.25, 0.3) is 0 Å². The fourth-order valence-corrected chi connectivity index (χ4v) is 3.20. The predicted molar refractivity (Wildman–Crippen MR) is 85.1 cm³/mol. The number of carbonyl (C=O) groups is 1. The summed E-state index contributed by atoms with van der Waals surface area (Å²) in [6.45, 7) is 6.99. The second-order valence-electron chi connectivity index (χ2n) is 4.92. The topological polar surface area (TPSA) is 52.6 Å². The van der Waals surface area contributed by atoms with Gasteiger partial charge in [-0.05, 0) is 63.0 Å². The number of hydrogen-bond acceptors (Lipinski definition) is 4. The summed E-state index contributed by atoms with van der Waals surface area (Å²) in [6.07, 6.45) is -0.517. The summed E-state index contributed by atoms with van der Waals surface area (Å²) in [5, 5.41) is 0.284. The van der Waals surface area contributed by atoms with E-state index in [0.717, 1.165) is 0 Å². The second-order valence-corrected chi connectivity index (χ2v) is 8.52. The average Bonchev–Trinajstić information content (AvgIpc) is 2.37. The molecule has 1 atom stereocenters. The number of rotatable bonds is 6. The molecule has 21 heavy (non-hydrogen) atoms. The first-order valence-corrected chi connectivity index (χ1v) is 8.49. The van der Waals surface area contributed by atoms with E-state index in [1.165, 1.54) is 0 Å². The molecule has 0 heterocycles. The van der Waals surface area contributed by atoms with Crippen LogP contribution in [0.2, 0.25) is 0 Å². The first-order chi connectivity index (χ1) is 9.66. The van der Waals surface area contributed by atoms with Gasteiger partial charge in [-0.25, -0.2) is 4.79 Å². The summed E-state index contributed by atoms with van der Waals surface area (Å²) < 4.78 is 21.0. The minimum absolute atomic E-state index is 0.114. The highest BCUT2D eigenvalue weighted by Crippen LogP contribution is 2.48. The Balaban J connectivity index is 3.10. The molecule has 0 bridgehead atoms. The number of alkyl halides is 2. The van der Waals surface area contributed by atoms with Crippen LogP contribution in [0.3, 0.4) is 0 Å². The minimum Gasteiger partial charge on any atom is -0.486 e. The van der Waals surface area contributed by atoms with Crippen molar-refractivity contribution in [3.63, 3.8) is 0 Å². The van der Waals surface area contributed by atoms with Gasteiger partial charge in [0.05, 0.1) is 12.2 Å². The largest absolute Gasteiger partial charge is 0.486 e. The van der Waals surface area contributed by atoms with Crippen LogP contribution in [0.4, 0.5) is 0 Å². The molecule has 1 unspecified atom stereocenters. The predicted octanol–water partition coefficient (Wildman–Crippen LogP) is 4.01. The highest BCUT2D eigenvalue weighted by molar-refractivity contribution is 7.61. The number of esters is 1. The van der Waals surface area contributed by atoms with Crippen LogP contribution in [-0.2, 0) is 14.1 Å². The molecule has 1 aromatic rings. The number of hydrogen-bond donors (Lipinski definition) is 0. The van der Waals surface area contributed by atoms with Crippen molar-refractivity contribution in [3.05, 3.63) is 24.3 Å². The zero-order chi connectivity index (χ0) is 16.2. The molecular formula is C14H18Cl2O4P+. The van der Waals surface area contributed by atoms with Gasteiger partial charge in [-0.2, -0.15) is 0 Å². The Bertz CT molecular complexity index is 529. The summed E-state index contributed by atoms with van der Waals surface area (Å²) in [5.41, 5.74) is 0. The van der Waals surface area contributed by atoms with Gasteiger partial charge >= 0.3 is 17.8 Å². The van der Waals surface area contributed by atoms with E-state index in [4.69, 9.17) is 32.7 Å². The van der Waals surface area contributed by atoms with Crippen molar-refractivity contribution in [1.82, 2.24) is 0 Å².